The Kier molecular flexibility index (Phi) is 6.69. The monoisotopic (exact) mass is 331 g/mol. The molecule has 0 aromatic rings. The Morgan fingerprint density at radius 3 is 1.81 bits per heavy atom. The zero-order chi connectivity index (χ0) is 16.3. The summed E-state index contributed by atoms with van der Waals surface area (Å²) in [5, 5.41) is 0.362. The molecule has 126 valence electrons. The van der Waals surface area contributed by atoms with E-state index < -0.39 is 16.8 Å². The fraction of sp³-hybridized carbons (Fsp3) is 1.00. The third kappa shape index (κ3) is 4.64. The molecule has 0 spiro atoms. The van der Waals surface area contributed by atoms with E-state index in [0.717, 1.165) is 12.2 Å². The van der Waals surface area contributed by atoms with E-state index in [-0.39, 0.29) is 0 Å². The smallest absolute Gasteiger partial charge is 0.348 e. The second-order valence-electron chi connectivity index (χ2n) is 8.27. The summed E-state index contributed by atoms with van der Waals surface area (Å²) in [5.41, 5.74) is 0. The highest BCUT2D eigenvalue weighted by Gasteiger charge is 2.47. The van der Waals surface area contributed by atoms with Crippen LogP contribution in [0.1, 0.15) is 52.9 Å². The predicted octanol–water partition coefficient (Wildman–Crippen LogP) is 4.53. The highest BCUT2D eigenvalue weighted by atomic mass is 28.4. The largest absolute Gasteiger partial charge is 0.397 e. The fourth-order valence-electron chi connectivity index (χ4n) is 3.13. The lowest BCUT2D eigenvalue weighted by Gasteiger charge is -2.52. The van der Waals surface area contributed by atoms with Gasteiger partial charge >= 0.3 is 8.56 Å². The van der Waals surface area contributed by atoms with Gasteiger partial charge in [0.15, 0.2) is 0 Å². The zero-order valence-corrected chi connectivity index (χ0v) is 17.6. The summed E-state index contributed by atoms with van der Waals surface area (Å²) in [6.07, 6.45) is 7.89. The van der Waals surface area contributed by atoms with Crippen LogP contribution in [0.3, 0.4) is 0 Å². The molecular formula is C16H37NO2Si2. The van der Waals surface area contributed by atoms with E-state index in [1.54, 1.807) is 0 Å². The maximum absolute atomic E-state index is 5.81. The van der Waals surface area contributed by atoms with E-state index in [9.17, 15) is 0 Å². The molecule has 1 fully saturated rings. The Hall–Kier alpha value is 0.314. The summed E-state index contributed by atoms with van der Waals surface area (Å²) in [6, 6.07) is 0.733. The van der Waals surface area contributed by atoms with Crippen molar-refractivity contribution in [1.29, 1.82) is 0 Å². The van der Waals surface area contributed by atoms with Gasteiger partial charge in [-0.25, -0.2) is 0 Å². The topological polar surface area (TPSA) is 21.7 Å². The standard InChI is InChI=1S/C16H37NO2Si2/c1-16(2,3)20(6,7)17(14-21(8,18-4)19-5)15-12-10-9-11-13-15/h15H,9-14H2,1-8H3. The summed E-state index contributed by atoms with van der Waals surface area (Å²) in [7, 11) is 0.0114. The van der Waals surface area contributed by atoms with Crippen LogP contribution in [0.4, 0.5) is 0 Å². The van der Waals surface area contributed by atoms with Crippen molar-refractivity contribution in [2.24, 2.45) is 0 Å². The highest BCUT2D eigenvalue weighted by molar-refractivity contribution is 6.79. The molecule has 0 heterocycles. The van der Waals surface area contributed by atoms with Crippen molar-refractivity contribution >= 4 is 16.8 Å². The Morgan fingerprint density at radius 2 is 1.43 bits per heavy atom. The minimum absolute atomic E-state index is 0.362. The Balaban J connectivity index is 3.04. The van der Waals surface area contributed by atoms with Gasteiger partial charge in [-0.15, -0.1) is 0 Å². The Labute approximate surface area is 134 Å². The van der Waals surface area contributed by atoms with Gasteiger partial charge in [0.1, 0.15) is 8.24 Å². The molecule has 0 aromatic carbocycles. The van der Waals surface area contributed by atoms with E-state index in [2.05, 4.69) is 45.0 Å². The van der Waals surface area contributed by atoms with Gasteiger partial charge < -0.3 is 13.4 Å². The van der Waals surface area contributed by atoms with Crippen LogP contribution in [-0.4, -0.2) is 47.8 Å². The van der Waals surface area contributed by atoms with Gasteiger partial charge in [0.25, 0.3) is 0 Å². The first-order valence-corrected chi connectivity index (χ1v) is 13.9. The van der Waals surface area contributed by atoms with Crippen LogP contribution in [-0.2, 0) is 8.85 Å². The quantitative estimate of drug-likeness (QED) is 0.667. The van der Waals surface area contributed by atoms with Crippen molar-refractivity contribution in [3.63, 3.8) is 0 Å². The Morgan fingerprint density at radius 1 is 0.952 bits per heavy atom. The average Bonchev–Trinajstić information content (AvgIpc) is 2.44. The van der Waals surface area contributed by atoms with Crippen molar-refractivity contribution in [3.8, 4) is 0 Å². The van der Waals surface area contributed by atoms with Gasteiger partial charge in [0.05, 0.1) is 0 Å². The summed E-state index contributed by atoms with van der Waals surface area (Å²) in [6.45, 7) is 14.5. The summed E-state index contributed by atoms with van der Waals surface area (Å²) in [4.78, 5) is 0. The van der Waals surface area contributed by atoms with Gasteiger partial charge in [-0.05, 0) is 24.4 Å². The fourth-order valence-corrected chi connectivity index (χ4v) is 8.91. The van der Waals surface area contributed by atoms with Crippen molar-refractivity contribution < 1.29 is 8.85 Å². The molecule has 0 atom stereocenters. The van der Waals surface area contributed by atoms with Crippen LogP contribution in [0.15, 0.2) is 0 Å². The summed E-state index contributed by atoms with van der Waals surface area (Å²) < 4.78 is 14.5. The number of nitrogens with zero attached hydrogens (tertiary/aromatic N) is 1. The lowest BCUT2D eigenvalue weighted by molar-refractivity contribution is 0.200. The maximum Gasteiger partial charge on any atom is 0.348 e. The Bertz CT molecular complexity index is 319. The molecular weight excluding hydrogens is 294 g/mol. The third-order valence-corrected chi connectivity index (χ3v) is 14.5. The molecule has 0 aromatic heterocycles. The first-order valence-electron chi connectivity index (χ1n) is 8.44. The van der Waals surface area contributed by atoms with E-state index in [4.69, 9.17) is 8.85 Å². The molecule has 21 heavy (non-hydrogen) atoms. The van der Waals surface area contributed by atoms with Crippen LogP contribution < -0.4 is 0 Å². The molecule has 0 saturated heterocycles. The molecule has 1 saturated carbocycles. The summed E-state index contributed by atoms with van der Waals surface area (Å²) in [5.74, 6) is 0. The van der Waals surface area contributed by atoms with E-state index in [0.29, 0.717) is 5.04 Å². The van der Waals surface area contributed by atoms with Crippen LogP contribution in [0.5, 0.6) is 0 Å². The van der Waals surface area contributed by atoms with E-state index >= 15 is 0 Å². The van der Waals surface area contributed by atoms with E-state index in [1.165, 1.54) is 32.1 Å². The molecule has 1 aliphatic rings. The third-order valence-electron chi connectivity index (χ3n) is 5.89. The van der Waals surface area contributed by atoms with Gasteiger partial charge in [-0.1, -0.05) is 53.1 Å². The molecule has 0 bridgehead atoms. The number of hydrogen-bond donors (Lipinski definition) is 0. The van der Waals surface area contributed by atoms with E-state index in [1.807, 2.05) is 14.2 Å². The van der Waals surface area contributed by atoms with Crippen LogP contribution >= 0.6 is 0 Å². The van der Waals surface area contributed by atoms with Crippen molar-refractivity contribution in [1.82, 2.24) is 4.57 Å². The molecule has 0 unspecified atom stereocenters. The van der Waals surface area contributed by atoms with Crippen molar-refractivity contribution in [3.05, 3.63) is 0 Å². The predicted molar refractivity (Wildman–Crippen MR) is 96.4 cm³/mol. The first-order chi connectivity index (χ1) is 9.57. The van der Waals surface area contributed by atoms with Crippen molar-refractivity contribution in [2.75, 3.05) is 20.4 Å². The van der Waals surface area contributed by atoms with Gasteiger partial charge in [-0.2, -0.15) is 0 Å². The maximum atomic E-state index is 5.81. The van der Waals surface area contributed by atoms with Gasteiger partial charge in [-0.3, -0.25) is 0 Å². The zero-order valence-electron chi connectivity index (χ0n) is 15.6. The molecule has 0 aliphatic heterocycles. The van der Waals surface area contributed by atoms with Crippen LogP contribution in [0.25, 0.3) is 0 Å². The molecule has 0 radical (unpaired) electrons. The molecule has 1 aliphatic carbocycles. The lowest BCUT2D eigenvalue weighted by Crippen LogP contribution is -2.64. The first kappa shape index (κ1) is 19.4. The van der Waals surface area contributed by atoms with Crippen LogP contribution in [0, 0.1) is 0 Å². The second kappa shape index (κ2) is 7.26. The normalized spacial score (nSPS) is 19.3. The molecule has 1 rings (SSSR count). The minimum Gasteiger partial charge on any atom is -0.397 e. The van der Waals surface area contributed by atoms with Crippen molar-refractivity contribution in [2.45, 2.75) is 83.6 Å². The summed E-state index contributed by atoms with van der Waals surface area (Å²) >= 11 is 0. The van der Waals surface area contributed by atoms with Crippen LogP contribution in [0.2, 0.25) is 24.7 Å². The molecule has 0 amide bonds. The highest BCUT2D eigenvalue weighted by Crippen LogP contribution is 2.41. The SMILES string of the molecule is CO[Si](C)(CN(C1CCCCC1)[Si](C)(C)C(C)(C)C)OC. The molecule has 3 nitrogen and oxygen atoms in total. The molecule has 5 heteroatoms. The van der Waals surface area contributed by atoms with Gasteiger partial charge in [0, 0.05) is 26.4 Å². The number of rotatable bonds is 6. The lowest BCUT2D eigenvalue weighted by atomic mass is 9.96. The second-order valence-corrected chi connectivity index (χ2v) is 16.9. The molecule has 0 N–H and O–H groups in total. The number of hydrogen-bond acceptors (Lipinski definition) is 3. The average molecular weight is 332 g/mol. The van der Waals surface area contributed by atoms with Gasteiger partial charge in [0.2, 0.25) is 0 Å². The minimum atomic E-state index is -2.07.